The number of hydrogen-bond donors (Lipinski definition) is 4. The summed E-state index contributed by atoms with van der Waals surface area (Å²) in [5.41, 5.74) is 8.28. The van der Waals surface area contributed by atoms with Crippen molar-refractivity contribution in [3.8, 4) is 11.5 Å². The van der Waals surface area contributed by atoms with E-state index >= 15 is 0 Å². The first-order valence-corrected chi connectivity index (χ1v) is 17.0. The number of alkyl carbamates (subject to hydrolysis) is 1. The van der Waals surface area contributed by atoms with Gasteiger partial charge in [0, 0.05) is 18.1 Å². The molecule has 3 aliphatic rings. The van der Waals surface area contributed by atoms with E-state index in [4.69, 9.17) is 24.8 Å². The van der Waals surface area contributed by atoms with Crippen molar-refractivity contribution in [2.75, 3.05) is 20.8 Å². The van der Waals surface area contributed by atoms with Crippen LogP contribution in [0, 0.1) is 11.3 Å². The number of carbonyl (C=O) groups excluding carboxylic acids is 5. The van der Waals surface area contributed by atoms with Crippen LogP contribution < -0.4 is 31.3 Å². The van der Waals surface area contributed by atoms with E-state index in [1.807, 2.05) is 30.3 Å². The molecule has 2 aromatic carbocycles. The van der Waals surface area contributed by atoms with Crippen LogP contribution in [-0.4, -0.2) is 79.0 Å². The number of Topliss-reactive ketones (excluding diaryl/α,β-unsaturated/α-hetero) is 1. The van der Waals surface area contributed by atoms with Crippen LogP contribution in [-0.2, 0) is 35.4 Å². The van der Waals surface area contributed by atoms with E-state index in [0.717, 1.165) is 24.8 Å². The summed E-state index contributed by atoms with van der Waals surface area (Å²) in [5, 5.41) is 5.45. The van der Waals surface area contributed by atoms with Crippen LogP contribution in [0.2, 0.25) is 0 Å². The van der Waals surface area contributed by atoms with E-state index in [1.54, 1.807) is 52.2 Å². The van der Waals surface area contributed by atoms with Crippen molar-refractivity contribution in [2.45, 2.75) is 83.2 Å². The van der Waals surface area contributed by atoms with Crippen molar-refractivity contribution < 1.29 is 43.0 Å². The summed E-state index contributed by atoms with van der Waals surface area (Å²) in [6.45, 7) is 5.28. The van der Waals surface area contributed by atoms with Gasteiger partial charge in [0.1, 0.15) is 35.8 Å². The van der Waals surface area contributed by atoms with Gasteiger partial charge in [-0.1, -0.05) is 70.4 Å². The number of nitrogens with one attached hydrogen (secondary N) is 3. The molecule has 274 valence electrons. The van der Waals surface area contributed by atoms with Gasteiger partial charge in [-0.2, -0.15) is 0 Å². The summed E-state index contributed by atoms with van der Waals surface area (Å²) in [6.07, 6.45) is 3.99. The van der Waals surface area contributed by atoms with Crippen molar-refractivity contribution in [1.29, 1.82) is 0 Å². The number of rotatable bonds is 13. The van der Waals surface area contributed by atoms with Crippen molar-refractivity contribution >= 4 is 35.3 Å². The maximum Gasteiger partial charge on any atom is 0.408 e. The van der Waals surface area contributed by atoms with Gasteiger partial charge in [-0.3, -0.25) is 29.5 Å². The van der Waals surface area contributed by atoms with E-state index in [2.05, 4.69) is 16.1 Å². The molecule has 4 amide bonds. The lowest BCUT2D eigenvalue weighted by molar-refractivity contribution is -0.144. The lowest BCUT2D eigenvalue weighted by Gasteiger charge is -2.35. The van der Waals surface area contributed by atoms with Gasteiger partial charge in [0.15, 0.2) is 0 Å². The Hall–Kier alpha value is -5.11. The number of ketones is 1. The fraction of sp³-hybridized carbons (Fsp3) is 0.486. The lowest BCUT2D eigenvalue weighted by Crippen LogP contribution is -2.59. The molecule has 0 bridgehead atoms. The first-order chi connectivity index (χ1) is 24.2. The molecule has 0 radical (unpaired) electrons. The minimum atomic E-state index is -1.19. The first kappa shape index (κ1) is 37.2. The number of hydroxylamine groups is 1. The van der Waals surface area contributed by atoms with Gasteiger partial charge in [0.05, 0.1) is 32.5 Å². The topological polar surface area (TPSA) is 188 Å². The van der Waals surface area contributed by atoms with Gasteiger partial charge in [-0.05, 0) is 41.5 Å². The Morgan fingerprint density at radius 2 is 1.76 bits per heavy atom. The molecular weight excluding hydrogens is 658 g/mol. The lowest BCUT2D eigenvalue weighted by atomic mass is 9.80. The number of hydrogen-bond acceptors (Lipinski definition) is 10. The van der Waals surface area contributed by atoms with Gasteiger partial charge in [-0.25, -0.2) is 4.79 Å². The molecule has 1 saturated carbocycles. The molecule has 1 spiro atoms. The zero-order valence-electron chi connectivity index (χ0n) is 29.7. The second-order valence-electron chi connectivity index (χ2n) is 14.4. The van der Waals surface area contributed by atoms with Crippen LogP contribution in [0.1, 0.15) is 64.0 Å². The monoisotopic (exact) mass is 705 g/mol. The number of methoxy groups -OCH3 is 2. The predicted molar refractivity (Wildman–Crippen MR) is 186 cm³/mol. The Morgan fingerprint density at radius 1 is 1.04 bits per heavy atom. The molecule has 2 aliphatic heterocycles. The standard InChI is InChI=1S/C37H47N5O9/c1-36(2,3)31(40-35(47)50-20-23-10-7-6-8-11-23)34(46)42-21-37(18-27(41-51-37)25-15-14-24(48-4)17-29(25)49-5)19-28(42)33(45)39-26(30(43)32(38)44)16-22-12-9-13-22/h6-8,10-11,14-15,17-18,22,26,28,31,41H,9,12-13,16,19-21H2,1-5H3,(H2,38,44)(H,39,45)(H,40,47)/t26?,28-,31+,37+/m0/s1. The molecule has 1 saturated heterocycles. The van der Waals surface area contributed by atoms with Crippen LogP contribution in [0.25, 0.3) is 5.70 Å². The van der Waals surface area contributed by atoms with Crippen LogP contribution in [0.15, 0.2) is 54.6 Å². The first-order valence-electron chi connectivity index (χ1n) is 17.0. The summed E-state index contributed by atoms with van der Waals surface area (Å²) in [7, 11) is 3.07. The third-order valence-electron chi connectivity index (χ3n) is 9.67. The minimum Gasteiger partial charge on any atom is -0.497 e. The average molecular weight is 706 g/mol. The quantitative estimate of drug-likeness (QED) is 0.226. The molecule has 2 heterocycles. The normalized spacial score (nSPS) is 21.1. The summed E-state index contributed by atoms with van der Waals surface area (Å²) < 4.78 is 16.4. The summed E-state index contributed by atoms with van der Waals surface area (Å²) in [5.74, 6) is -2.00. The van der Waals surface area contributed by atoms with Crippen molar-refractivity contribution in [3.05, 3.63) is 65.7 Å². The molecule has 1 unspecified atom stereocenters. The highest BCUT2D eigenvalue weighted by atomic mass is 16.7. The highest BCUT2D eigenvalue weighted by molar-refractivity contribution is 6.37. The van der Waals surface area contributed by atoms with E-state index in [9.17, 15) is 24.0 Å². The molecule has 2 aromatic rings. The Kier molecular flexibility index (Phi) is 11.2. The number of benzene rings is 2. The number of carbonyl (C=O) groups is 5. The molecule has 51 heavy (non-hydrogen) atoms. The maximum absolute atomic E-state index is 14.5. The van der Waals surface area contributed by atoms with Crippen LogP contribution >= 0.6 is 0 Å². The number of amides is 4. The Labute approximate surface area is 297 Å². The summed E-state index contributed by atoms with van der Waals surface area (Å²) in [6, 6.07) is 11.0. The number of primary amides is 1. The molecule has 14 heteroatoms. The highest BCUT2D eigenvalue weighted by Crippen LogP contribution is 2.41. The fourth-order valence-electron chi connectivity index (χ4n) is 6.61. The maximum atomic E-state index is 14.5. The van der Waals surface area contributed by atoms with E-state index in [-0.39, 0.29) is 31.9 Å². The van der Waals surface area contributed by atoms with Crippen LogP contribution in [0.4, 0.5) is 4.79 Å². The molecule has 5 rings (SSSR count). The number of likely N-dealkylation sites (tertiary alicyclic amines) is 1. The van der Waals surface area contributed by atoms with Crippen molar-refractivity contribution in [3.63, 3.8) is 0 Å². The summed E-state index contributed by atoms with van der Waals surface area (Å²) in [4.78, 5) is 74.1. The van der Waals surface area contributed by atoms with E-state index < -0.39 is 58.7 Å². The van der Waals surface area contributed by atoms with E-state index in [1.165, 1.54) is 12.0 Å². The zero-order chi connectivity index (χ0) is 36.9. The number of ether oxygens (including phenoxy) is 3. The predicted octanol–water partition coefficient (Wildman–Crippen LogP) is 2.99. The molecule has 2 fully saturated rings. The number of nitrogens with zero attached hydrogens (tertiary/aromatic N) is 1. The molecule has 5 N–H and O–H groups in total. The molecule has 1 aliphatic carbocycles. The Balaban J connectivity index is 1.44. The van der Waals surface area contributed by atoms with E-state index in [0.29, 0.717) is 22.8 Å². The molecular formula is C37H47N5O9. The second-order valence-corrected chi connectivity index (χ2v) is 14.4. The zero-order valence-corrected chi connectivity index (χ0v) is 29.7. The average Bonchev–Trinajstić information content (AvgIpc) is 3.69. The molecule has 0 aromatic heterocycles. The Bertz CT molecular complexity index is 1670. The van der Waals surface area contributed by atoms with Gasteiger partial charge >= 0.3 is 6.09 Å². The fourth-order valence-corrected chi connectivity index (χ4v) is 6.61. The van der Waals surface area contributed by atoms with Gasteiger partial charge < -0.3 is 35.5 Å². The smallest absolute Gasteiger partial charge is 0.408 e. The van der Waals surface area contributed by atoms with Crippen molar-refractivity contribution in [2.24, 2.45) is 17.1 Å². The third kappa shape index (κ3) is 8.62. The summed E-state index contributed by atoms with van der Waals surface area (Å²) >= 11 is 0. The molecule has 4 atom stereocenters. The minimum absolute atomic E-state index is 0.00420. The highest BCUT2D eigenvalue weighted by Gasteiger charge is 2.54. The van der Waals surface area contributed by atoms with Crippen LogP contribution in [0.3, 0.4) is 0 Å². The van der Waals surface area contributed by atoms with Crippen LogP contribution in [0.5, 0.6) is 11.5 Å². The van der Waals surface area contributed by atoms with Crippen molar-refractivity contribution in [1.82, 2.24) is 21.0 Å². The van der Waals surface area contributed by atoms with Gasteiger partial charge in [0.2, 0.25) is 17.6 Å². The molecule has 14 nitrogen and oxygen atoms in total. The third-order valence-corrected chi connectivity index (χ3v) is 9.67. The van der Waals surface area contributed by atoms with Gasteiger partial charge in [0.25, 0.3) is 5.91 Å². The number of nitrogens with two attached hydrogens (primary N) is 1. The second kappa shape index (κ2) is 15.4. The SMILES string of the molecule is COc1ccc(C2=C[C@]3(C[C@@H](C(=O)NC(CC4CCC4)C(=O)C(N)=O)N(C(=O)[C@@H](NC(=O)OCc4ccccc4)C(C)(C)C)C3)ON2)c(OC)c1. The largest absolute Gasteiger partial charge is 0.497 e. The Morgan fingerprint density at radius 3 is 2.37 bits per heavy atom. The van der Waals surface area contributed by atoms with Gasteiger partial charge in [-0.15, -0.1) is 0 Å².